The molecule has 6 nitrogen and oxygen atoms in total. The number of ether oxygens (including phenoxy) is 1. The molecule has 3 N–H and O–H groups in total. The molecule has 0 aromatic heterocycles. The van der Waals surface area contributed by atoms with Crippen LogP contribution in [-0.4, -0.2) is 28.0 Å². The smallest absolute Gasteiger partial charge is 0.305 e. The highest BCUT2D eigenvalue weighted by Gasteiger charge is 2.12. The van der Waals surface area contributed by atoms with E-state index in [0.717, 1.165) is 0 Å². The molecule has 0 heterocycles. The number of nitrogens with two attached hydrogens (primary N) is 1. The molecule has 1 rings (SSSR count). The number of nitrogen functional groups attached to an aromatic ring is 1. The molecule has 0 atom stereocenters. The van der Waals surface area contributed by atoms with Crippen LogP contribution in [0.1, 0.15) is 12.8 Å². The Morgan fingerprint density at radius 3 is 2.50 bits per heavy atom. The molecule has 0 aliphatic rings. The third kappa shape index (κ3) is 4.34. The minimum Gasteiger partial charge on any atom is -0.469 e. The zero-order valence-electron chi connectivity index (χ0n) is 10.0. The summed E-state index contributed by atoms with van der Waals surface area (Å²) in [4.78, 5) is 11.0. The number of carbonyl (C=O) groups excluding carboxylic acids is 1. The van der Waals surface area contributed by atoms with E-state index in [2.05, 4.69) is 9.46 Å². The van der Waals surface area contributed by atoms with Gasteiger partial charge in [-0.25, -0.2) is 13.1 Å². The Labute approximate surface area is 106 Å². The minimum atomic E-state index is -3.54. The topological polar surface area (TPSA) is 98.5 Å². The van der Waals surface area contributed by atoms with Gasteiger partial charge in [-0.1, -0.05) is 0 Å². The maximum absolute atomic E-state index is 11.8. The number of nitrogens with one attached hydrogen (secondary N) is 1. The van der Waals surface area contributed by atoms with Gasteiger partial charge < -0.3 is 10.5 Å². The van der Waals surface area contributed by atoms with E-state index in [-0.39, 0.29) is 23.8 Å². The summed E-state index contributed by atoms with van der Waals surface area (Å²) in [7, 11) is -2.25. The zero-order chi connectivity index (χ0) is 13.6. The van der Waals surface area contributed by atoms with Gasteiger partial charge in [0.15, 0.2) is 0 Å². The van der Waals surface area contributed by atoms with Crippen molar-refractivity contribution in [3.8, 4) is 0 Å². The van der Waals surface area contributed by atoms with Crippen LogP contribution in [0.3, 0.4) is 0 Å². The molecular weight excluding hydrogens is 256 g/mol. The molecule has 7 heteroatoms. The largest absolute Gasteiger partial charge is 0.469 e. The Bertz CT molecular complexity index is 496. The van der Waals surface area contributed by atoms with E-state index >= 15 is 0 Å². The van der Waals surface area contributed by atoms with Gasteiger partial charge >= 0.3 is 5.97 Å². The molecule has 0 unspecified atom stereocenters. The van der Waals surface area contributed by atoms with Crippen molar-refractivity contribution in [1.29, 1.82) is 0 Å². The second kappa shape index (κ2) is 6.36. The first-order valence-corrected chi connectivity index (χ1v) is 6.86. The van der Waals surface area contributed by atoms with E-state index in [1.54, 1.807) is 0 Å². The highest BCUT2D eigenvalue weighted by atomic mass is 32.2. The van der Waals surface area contributed by atoms with Crippen LogP contribution in [0.15, 0.2) is 29.2 Å². The van der Waals surface area contributed by atoms with Crippen LogP contribution >= 0.6 is 0 Å². The number of methoxy groups -OCH3 is 1. The number of anilines is 1. The fourth-order valence-electron chi connectivity index (χ4n) is 1.27. The summed E-state index contributed by atoms with van der Waals surface area (Å²) in [6, 6.07) is 5.89. The van der Waals surface area contributed by atoms with Crippen LogP contribution in [0.5, 0.6) is 0 Å². The number of hydrogen-bond acceptors (Lipinski definition) is 5. The first-order valence-electron chi connectivity index (χ1n) is 5.38. The maximum atomic E-state index is 11.8. The first-order chi connectivity index (χ1) is 8.45. The quantitative estimate of drug-likeness (QED) is 0.446. The highest BCUT2D eigenvalue weighted by molar-refractivity contribution is 7.89. The van der Waals surface area contributed by atoms with Crippen molar-refractivity contribution in [2.24, 2.45) is 0 Å². The fourth-order valence-corrected chi connectivity index (χ4v) is 2.35. The highest BCUT2D eigenvalue weighted by Crippen LogP contribution is 2.11. The van der Waals surface area contributed by atoms with E-state index in [0.29, 0.717) is 12.1 Å². The van der Waals surface area contributed by atoms with Gasteiger partial charge in [-0.15, -0.1) is 0 Å². The van der Waals surface area contributed by atoms with Gasteiger partial charge in [0.2, 0.25) is 10.0 Å². The van der Waals surface area contributed by atoms with Gasteiger partial charge in [0.25, 0.3) is 0 Å². The SMILES string of the molecule is COC(=O)CCCNS(=O)(=O)c1ccc(N)cc1. The van der Waals surface area contributed by atoms with Crippen molar-refractivity contribution in [3.05, 3.63) is 24.3 Å². The predicted molar refractivity (Wildman–Crippen MR) is 67.3 cm³/mol. The van der Waals surface area contributed by atoms with Crippen LogP contribution in [-0.2, 0) is 19.6 Å². The fraction of sp³-hybridized carbons (Fsp3) is 0.364. The second-order valence-electron chi connectivity index (χ2n) is 3.65. The second-order valence-corrected chi connectivity index (χ2v) is 5.41. The Kier molecular flexibility index (Phi) is 5.11. The van der Waals surface area contributed by atoms with Gasteiger partial charge in [0.1, 0.15) is 0 Å². The first kappa shape index (κ1) is 14.5. The summed E-state index contributed by atoms with van der Waals surface area (Å²) >= 11 is 0. The van der Waals surface area contributed by atoms with Crippen molar-refractivity contribution in [3.63, 3.8) is 0 Å². The third-order valence-electron chi connectivity index (χ3n) is 2.27. The molecule has 1 aromatic carbocycles. The van der Waals surface area contributed by atoms with E-state index in [1.807, 2.05) is 0 Å². The lowest BCUT2D eigenvalue weighted by Crippen LogP contribution is -2.25. The van der Waals surface area contributed by atoms with Crippen molar-refractivity contribution < 1.29 is 17.9 Å². The summed E-state index contributed by atoms with van der Waals surface area (Å²) in [5, 5.41) is 0. The molecule has 0 aliphatic carbocycles. The molecule has 0 spiro atoms. The van der Waals surface area contributed by atoms with Crippen LogP contribution in [0.2, 0.25) is 0 Å². The van der Waals surface area contributed by atoms with Crippen molar-refractivity contribution in [1.82, 2.24) is 4.72 Å². The van der Waals surface area contributed by atoms with Crippen molar-refractivity contribution in [2.45, 2.75) is 17.7 Å². The summed E-state index contributed by atoms with van der Waals surface area (Å²) in [6.07, 6.45) is 0.571. The molecular formula is C11H16N2O4S. The van der Waals surface area contributed by atoms with Crippen molar-refractivity contribution in [2.75, 3.05) is 19.4 Å². The Balaban J connectivity index is 2.50. The zero-order valence-corrected chi connectivity index (χ0v) is 10.9. The molecule has 0 bridgehead atoms. The standard InChI is InChI=1S/C11H16N2O4S/c1-17-11(14)3-2-8-13-18(15,16)10-6-4-9(12)5-7-10/h4-7,13H,2-3,8,12H2,1H3. The lowest BCUT2D eigenvalue weighted by molar-refractivity contribution is -0.140. The van der Waals surface area contributed by atoms with Gasteiger partial charge in [-0.05, 0) is 30.7 Å². The molecule has 100 valence electrons. The number of carbonyl (C=O) groups is 1. The predicted octanol–water partition coefficient (Wildman–Crippen LogP) is 0.500. The molecule has 0 saturated carbocycles. The summed E-state index contributed by atoms with van der Waals surface area (Å²) in [5.41, 5.74) is 5.97. The molecule has 0 radical (unpaired) electrons. The van der Waals surface area contributed by atoms with Gasteiger partial charge in [-0.3, -0.25) is 4.79 Å². The van der Waals surface area contributed by atoms with Gasteiger partial charge in [0.05, 0.1) is 12.0 Å². The Morgan fingerprint density at radius 1 is 1.33 bits per heavy atom. The molecule has 0 amide bonds. The average molecular weight is 272 g/mol. The summed E-state index contributed by atoms with van der Waals surface area (Å²) in [6.45, 7) is 0.182. The van der Waals surface area contributed by atoms with E-state index < -0.39 is 10.0 Å². The average Bonchev–Trinajstić information content (AvgIpc) is 2.35. The van der Waals surface area contributed by atoms with Crippen LogP contribution < -0.4 is 10.5 Å². The van der Waals surface area contributed by atoms with Crippen LogP contribution in [0.4, 0.5) is 5.69 Å². The maximum Gasteiger partial charge on any atom is 0.305 e. The normalized spacial score (nSPS) is 11.2. The lowest BCUT2D eigenvalue weighted by Gasteiger charge is -2.06. The molecule has 1 aromatic rings. The minimum absolute atomic E-state index is 0.148. The third-order valence-corrected chi connectivity index (χ3v) is 3.74. The van der Waals surface area contributed by atoms with Crippen LogP contribution in [0.25, 0.3) is 0 Å². The van der Waals surface area contributed by atoms with Crippen molar-refractivity contribution >= 4 is 21.7 Å². The summed E-state index contributed by atoms with van der Waals surface area (Å²) in [5.74, 6) is -0.360. The van der Waals surface area contributed by atoms with E-state index in [9.17, 15) is 13.2 Å². The molecule has 18 heavy (non-hydrogen) atoms. The number of hydrogen-bond donors (Lipinski definition) is 2. The summed E-state index contributed by atoms with van der Waals surface area (Å²) < 4.78 is 30.4. The lowest BCUT2D eigenvalue weighted by atomic mass is 10.3. The molecule has 0 aliphatic heterocycles. The number of esters is 1. The monoisotopic (exact) mass is 272 g/mol. The van der Waals surface area contributed by atoms with E-state index in [1.165, 1.54) is 31.4 Å². The van der Waals surface area contributed by atoms with Gasteiger partial charge in [0, 0.05) is 18.7 Å². The number of sulfonamides is 1. The molecule has 0 fully saturated rings. The molecule has 0 saturated heterocycles. The Morgan fingerprint density at radius 2 is 1.94 bits per heavy atom. The van der Waals surface area contributed by atoms with Crippen LogP contribution in [0, 0.1) is 0 Å². The Hall–Kier alpha value is -1.60. The van der Waals surface area contributed by atoms with Gasteiger partial charge in [-0.2, -0.15) is 0 Å². The number of benzene rings is 1. The number of rotatable bonds is 6. The van der Waals surface area contributed by atoms with E-state index in [4.69, 9.17) is 5.73 Å².